The highest BCUT2D eigenvalue weighted by atomic mass is 19.1. The van der Waals surface area contributed by atoms with Gasteiger partial charge in [-0.25, -0.2) is 4.39 Å². The van der Waals surface area contributed by atoms with Crippen LogP contribution in [-0.2, 0) is 0 Å². The average molecular weight is 258 g/mol. The first-order valence-electron chi connectivity index (χ1n) is 5.90. The predicted molar refractivity (Wildman–Crippen MR) is 74.7 cm³/mol. The van der Waals surface area contributed by atoms with Crippen molar-refractivity contribution in [1.82, 2.24) is 0 Å². The van der Waals surface area contributed by atoms with E-state index in [1.165, 1.54) is 12.1 Å². The maximum absolute atomic E-state index is 13.2. The normalized spacial score (nSPS) is 10.3. The van der Waals surface area contributed by atoms with Crippen LogP contribution in [0.4, 0.5) is 15.8 Å². The zero-order chi connectivity index (χ0) is 14.0. The number of hydrogen-bond acceptors (Lipinski definition) is 2. The minimum absolute atomic E-state index is 0.205. The second-order valence-corrected chi connectivity index (χ2v) is 4.60. The summed E-state index contributed by atoms with van der Waals surface area (Å²) in [4.78, 5) is 12.0. The molecule has 0 spiro atoms. The number of amides is 1. The first-order valence-corrected chi connectivity index (χ1v) is 5.90. The number of hydrogen-bond donors (Lipinski definition) is 2. The molecule has 2 aromatic carbocycles. The fourth-order valence-electron chi connectivity index (χ4n) is 1.99. The molecule has 0 radical (unpaired) electrons. The topological polar surface area (TPSA) is 55.1 Å². The number of rotatable bonds is 2. The maximum Gasteiger partial charge on any atom is 0.255 e. The predicted octanol–water partition coefficient (Wildman–Crippen LogP) is 3.28. The van der Waals surface area contributed by atoms with Crippen LogP contribution in [0.3, 0.4) is 0 Å². The lowest BCUT2D eigenvalue weighted by atomic mass is 10.1. The Morgan fingerprint density at radius 3 is 2.26 bits per heavy atom. The lowest BCUT2D eigenvalue weighted by Gasteiger charge is -2.08. The van der Waals surface area contributed by atoms with Crippen molar-refractivity contribution in [2.45, 2.75) is 13.8 Å². The summed E-state index contributed by atoms with van der Waals surface area (Å²) in [5, 5.41) is 2.73. The highest BCUT2D eigenvalue weighted by Gasteiger charge is 2.09. The van der Waals surface area contributed by atoms with E-state index >= 15 is 0 Å². The minimum Gasteiger partial charge on any atom is -0.399 e. The quantitative estimate of drug-likeness (QED) is 0.812. The van der Waals surface area contributed by atoms with Crippen LogP contribution < -0.4 is 11.1 Å². The van der Waals surface area contributed by atoms with E-state index in [1.54, 1.807) is 0 Å². The van der Waals surface area contributed by atoms with E-state index in [9.17, 15) is 9.18 Å². The smallest absolute Gasteiger partial charge is 0.255 e. The van der Waals surface area contributed by atoms with Gasteiger partial charge >= 0.3 is 0 Å². The molecule has 1 amide bonds. The van der Waals surface area contributed by atoms with E-state index in [0.717, 1.165) is 17.2 Å². The van der Waals surface area contributed by atoms with Crippen LogP contribution >= 0.6 is 0 Å². The Kier molecular flexibility index (Phi) is 3.51. The van der Waals surface area contributed by atoms with Crippen molar-refractivity contribution in [3.8, 4) is 0 Å². The third-order valence-corrected chi connectivity index (χ3v) is 2.66. The van der Waals surface area contributed by atoms with Gasteiger partial charge < -0.3 is 11.1 Å². The summed E-state index contributed by atoms with van der Waals surface area (Å²) in [6, 6.07) is 9.50. The van der Waals surface area contributed by atoms with Gasteiger partial charge in [-0.05, 0) is 55.3 Å². The molecule has 19 heavy (non-hydrogen) atoms. The van der Waals surface area contributed by atoms with Gasteiger partial charge in [0.05, 0.1) is 0 Å². The van der Waals surface area contributed by atoms with Crippen LogP contribution in [0.1, 0.15) is 21.5 Å². The maximum atomic E-state index is 13.2. The monoisotopic (exact) mass is 258 g/mol. The van der Waals surface area contributed by atoms with Crippen molar-refractivity contribution < 1.29 is 9.18 Å². The number of aryl methyl sites for hydroxylation is 2. The van der Waals surface area contributed by atoms with Crippen molar-refractivity contribution in [1.29, 1.82) is 0 Å². The summed E-state index contributed by atoms with van der Waals surface area (Å²) in [7, 11) is 0. The molecule has 0 aliphatic heterocycles. The first-order chi connectivity index (χ1) is 8.94. The zero-order valence-corrected chi connectivity index (χ0v) is 10.8. The number of nitrogens with one attached hydrogen (secondary N) is 1. The number of nitrogen functional groups attached to an aromatic ring is 1. The molecule has 0 unspecified atom stereocenters. The van der Waals surface area contributed by atoms with Crippen LogP contribution in [0.15, 0.2) is 36.4 Å². The number of halogens is 1. The third-order valence-electron chi connectivity index (χ3n) is 2.66. The number of nitrogens with two attached hydrogens (primary N) is 1. The lowest BCUT2D eigenvalue weighted by Crippen LogP contribution is -2.12. The molecule has 0 atom stereocenters. The molecule has 0 aliphatic carbocycles. The van der Waals surface area contributed by atoms with Gasteiger partial charge in [0.15, 0.2) is 0 Å². The van der Waals surface area contributed by atoms with Crippen LogP contribution in [0.2, 0.25) is 0 Å². The zero-order valence-electron chi connectivity index (χ0n) is 10.8. The van der Waals surface area contributed by atoms with Crippen LogP contribution in [0.5, 0.6) is 0 Å². The van der Waals surface area contributed by atoms with Crippen molar-refractivity contribution in [2.24, 2.45) is 0 Å². The molecule has 0 saturated carbocycles. The Morgan fingerprint density at radius 1 is 1.05 bits per heavy atom. The van der Waals surface area contributed by atoms with Gasteiger partial charge in [0.25, 0.3) is 5.91 Å². The van der Waals surface area contributed by atoms with E-state index in [2.05, 4.69) is 5.32 Å². The first kappa shape index (κ1) is 13.1. The fraction of sp³-hybridized carbons (Fsp3) is 0.133. The van der Waals surface area contributed by atoms with Crippen molar-refractivity contribution in [2.75, 3.05) is 11.1 Å². The molecular formula is C15H15FN2O. The van der Waals surface area contributed by atoms with Gasteiger partial charge in [-0.1, -0.05) is 6.07 Å². The lowest BCUT2D eigenvalue weighted by molar-refractivity contribution is 0.102. The van der Waals surface area contributed by atoms with Gasteiger partial charge in [0.1, 0.15) is 5.82 Å². The molecule has 3 nitrogen and oxygen atoms in total. The van der Waals surface area contributed by atoms with Crippen LogP contribution in [-0.4, -0.2) is 5.91 Å². The Balaban J connectivity index is 2.25. The molecule has 0 aliphatic rings. The van der Waals surface area contributed by atoms with Gasteiger partial charge in [-0.2, -0.15) is 0 Å². The third kappa shape index (κ3) is 3.31. The van der Waals surface area contributed by atoms with E-state index in [-0.39, 0.29) is 17.2 Å². The van der Waals surface area contributed by atoms with E-state index in [0.29, 0.717) is 5.69 Å². The van der Waals surface area contributed by atoms with E-state index in [1.807, 2.05) is 32.0 Å². The molecule has 0 aromatic heterocycles. The molecule has 0 heterocycles. The highest BCUT2D eigenvalue weighted by Crippen LogP contribution is 2.16. The second-order valence-electron chi connectivity index (χ2n) is 4.60. The number of benzene rings is 2. The largest absolute Gasteiger partial charge is 0.399 e. The molecule has 0 fully saturated rings. The summed E-state index contributed by atoms with van der Waals surface area (Å²) in [5.41, 5.74) is 8.74. The number of anilines is 2. The summed E-state index contributed by atoms with van der Waals surface area (Å²) in [6.45, 7) is 3.89. The summed E-state index contributed by atoms with van der Waals surface area (Å²) in [6.07, 6.45) is 0. The van der Waals surface area contributed by atoms with Crippen molar-refractivity contribution in [3.05, 3.63) is 58.9 Å². The van der Waals surface area contributed by atoms with Crippen LogP contribution in [0, 0.1) is 19.7 Å². The Labute approximate surface area is 111 Å². The molecule has 0 saturated heterocycles. The standard InChI is InChI=1S/C15H15FN2O/c1-9-3-10(2)5-14(4-9)18-15(19)11-6-12(16)8-13(17)7-11/h3-8H,17H2,1-2H3,(H,18,19). The van der Waals surface area contributed by atoms with Gasteiger partial charge in [-0.15, -0.1) is 0 Å². The molecule has 3 N–H and O–H groups in total. The van der Waals surface area contributed by atoms with Crippen LogP contribution in [0.25, 0.3) is 0 Å². The second kappa shape index (κ2) is 5.10. The van der Waals surface area contributed by atoms with Gasteiger partial charge in [-0.3, -0.25) is 4.79 Å². The minimum atomic E-state index is -0.523. The Hall–Kier alpha value is -2.36. The number of carbonyl (C=O) groups excluding carboxylic acids is 1. The molecule has 2 aromatic rings. The number of carbonyl (C=O) groups is 1. The molecule has 98 valence electrons. The molecule has 0 bridgehead atoms. The highest BCUT2D eigenvalue weighted by molar-refractivity contribution is 6.04. The van der Waals surface area contributed by atoms with Crippen molar-refractivity contribution >= 4 is 17.3 Å². The molecule has 2 rings (SSSR count). The Morgan fingerprint density at radius 2 is 1.68 bits per heavy atom. The Bertz CT molecular complexity index is 598. The molecular weight excluding hydrogens is 243 g/mol. The van der Waals surface area contributed by atoms with Crippen molar-refractivity contribution in [3.63, 3.8) is 0 Å². The summed E-state index contributed by atoms with van der Waals surface area (Å²) >= 11 is 0. The summed E-state index contributed by atoms with van der Waals surface area (Å²) in [5.74, 6) is -0.901. The molecule has 4 heteroatoms. The van der Waals surface area contributed by atoms with E-state index < -0.39 is 5.82 Å². The van der Waals surface area contributed by atoms with E-state index in [4.69, 9.17) is 5.73 Å². The average Bonchev–Trinajstić information content (AvgIpc) is 2.25. The van der Waals surface area contributed by atoms with Gasteiger partial charge in [0, 0.05) is 16.9 Å². The SMILES string of the molecule is Cc1cc(C)cc(NC(=O)c2cc(N)cc(F)c2)c1. The fourth-order valence-corrected chi connectivity index (χ4v) is 1.99. The van der Waals surface area contributed by atoms with Gasteiger partial charge in [0.2, 0.25) is 0 Å². The summed E-state index contributed by atoms with van der Waals surface area (Å²) < 4.78 is 13.2.